The maximum absolute atomic E-state index is 2.39. The number of nitrogens with zero attached hydrogens (tertiary/aromatic N) is 1. The molecule has 0 spiro atoms. The van der Waals surface area contributed by atoms with Crippen molar-refractivity contribution in [2.75, 3.05) is 4.90 Å². The zero-order chi connectivity index (χ0) is 33.0. The van der Waals surface area contributed by atoms with E-state index in [-0.39, 0.29) is 0 Å². The normalized spacial score (nSPS) is 11.6. The summed E-state index contributed by atoms with van der Waals surface area (Å²) in [5.41, 5.74) is 8.33. The first-order valence-electron chi connectivity index (χ1n) is 17.1. The number of benzene rings is 9. The standard InChI is InChI=1S/C48H31NS/c1-3-12-40-32(9-1)11-7-15-41(40)34-21-26-37(27-22-34)49(39-30-25-36-20-19-33-10-2-4-13-42(33)46(36)31-39)38-28-23-35(24-29-38)43-16-8-17-45-44-14-5-6-18-47(44)50-48(43)45/h1-31H. The first-order chi connectivity index (χ1) is 24.8. The van der Waals surface area contributed by atoms with Gasteiger partial charge in [-0.05, 0) is 97.0 Å². The van der Waals surface area contributed by atoms with Crippen LogP contribution in [-0.2, 0) is 0 Å². The van der Waals surface area contributed by atoms with E-state index in [1.165, 1.54) is 74.7 Å². The van der Waals surface area contributed by atoms with Crippen molar-refractivity contribution in [2.45, 2.75) is 0 Å². The second-order valence-electron chi connectivity index (χ2n) is 12.9. The highest BCUT2D eigenvalue weighted by Crippen LogP contribution is 2.42. The molecule has 1 heterocycles. The van der Waals surface area contributed by atoms with E-state index in [0.29, 0.717) is 0 Å². The maximum atomic E-state index is 2.39. The smallest absolute Gasteiger partial charge is 0.0468 e. The van der Waals surface area contributed by atoms with Gasteiger partial charge in [-0.1, -0.05) is 146 Å². The van der Waals surface area contributed by atoms with Gasteiger partial charge < -0.3 is 4.90 Å². The van der Waals surface area contributed by atoms with Gasteiger partial charge in [-0.25, -0.2) is 0 Å². The molecule has 10 rings (SSSR count). The third-order valence-electron chi connectivity index (χ3n) is 10.1. The SMILES string of the molecule is c1ccc2c(-c3ccc(N(c4ccc(-c5cccc6c5sc5ccccc56)cc4)c4ccc5ccc6ccccc6c5c4)cc3)cccc2c1. The van der Waals surface area contributed by atoms with Crippen molar-refractivity contribution >= 4 is 80.9 Å². The molecular formula is C48H31NS. The van der Waals surface area contributed by atoms with Crippen molar-refractivity contribution in [1.82, 2.24) is 0 Å². The Morgan fingerprint density at radius 1 is 0.320 bits per heavy atom. The van der Waals surface area contributed by atoms with E-state index < -0.39 is 0 Å². The van der Waals surface area contributed by atoms with Crippen LogP contribution >= 0.6 is 11.3 Å². The molecule has 0 fully saturated rings. The van der Waals surface area contributed by atoms with E-state index in [1.807, 2.05) is 11.3 Å². The Balaban J connectivity index is 1.11. The summed E-state index contributed by atoms with van der Waals surface area (Å²) in [7, 11) is 0. The summed E-state index contributed by atoms with van der Waals surface area (Å²) in [5.74, 6) is 0. The van der Waals surface area contributed by atoms with Gasteiger partial charge in [0, 0.05) is 37.2 Å². The van der Waals surface area contributed by atoms with Gasteiger partial charge in [0.25, 0.3) is 0 Å². The summed E-state index contributed by atoms with van der Waals surface area (Å²) >= 11 is 1.88. The summed E-state index contributed by atoms with van der Waals surface area (Å²) in [4.78, 5) is 2.39. The molecule has 234 valence electrons. The van der Waals surface area contributed by atoms with Crippen LogP contribution in [0, 0.1) is 0 Å². The van der Waals surface area contributed by atoms with Gasteiger partial charge in [0.2, 0.25) is 0 Å². The Morgan fingerprint density at radius 3 is 1.58 bits per heavy atom. The molecule has 0 aliphatic carbocycles. The summed E-state index contributed by atoms with van der Waals surface area (Å²) in [6, 6.07) is 68.7. The number of rotatable bonds is 5. The molecule has 50 heavy (non-hydrogen) atoms. The lowest BCUT2D eigenvalue weighted by molar-refractivity contribution is 1.29. The Kier molecular flexibility index (Phi) is 6.75. The molecule has 0 saturated carbocycles. The average molecular weight is 654 g/mol. The van der Waals surface area contributed by atoms with Crippen LogP contribution in [0.2, 0.25) is 0 Å². The fourth-order valence-electron chi connectivity index (χ4n) is 7.61. The lowest BCUT2D eigenvalue weighted by Crippen LogP contribution is -2.09. The highest BCUT2D eigenvalue weighted by molar-refractivity contribution is 7.26. The molecule has 0 amide bonds. The summed E-state index contributed by atoms with van der Waals surface area (Å²) in [5, 5.41) is 10.2. The van der Waals surface area contributed by atoms with Crippen LogP contribution in [0.25, 0.3) is 74.7 Å². The quantitative estimate of drug-likeness (QED) is 0.167. The van der Waals surface area contributed by atoms with Gasteiger partial charge in [0.05, 0.1) is 0 Å². The van der Waals surface area contributed by atoms with E-state index in [1.54, 1.807) is 0 Å². The fraction of sp³-hybridized carbons (Fsp3) is 0. The predicted octanol–water partition coefficient (Wildman–Crippen LogP) is 14.3. The Bertz CT molecular complexity index is 2860. The summed E-state index contributed by atoms with van der Waals surface area (Å²) in [6.07, 6.45) is 0. The molecule has 0 N–H and O–H groups in total. The average Bonchev–Trinajstić information content (AvgIpc) is 3.57. The molecular weight excluding hydrogens is 623 g/mol. The molecule has 0 aliphatic rings. The first-order valence-corrected chi connectivity index (χ1v) is 17.9. The third kappa shape index (κ3) is 4.76. The second-order valence-corrected chi connectivity index (χ2v) is 14.0. The molecule has 9 aromatic carbocycles. The number of fused-ring (bicyclic) bond motifs is 7. The molecule has 0 radical (unpaired) electrons. The van der Waals surface area contributed by atoms with Crippen LogP contribution < -0.4 is 4.90 Å². The Morgan fingerprint density at radius 2 is 0.820 bits per heavy atom. The topological polar surface area (TPSA) is 3.24 Å². The van der Waals surface area contributed by atoms with E-state index in [4.69, 9.17) is 0 Å². The molecule has 0 unspecified atom stereocenters. The predicted molar refractivity (Wildman–Crippen MR) is 217 cm³/mol. The minimum absolute atomic E-state index is 1.12. The molecule has 1 aromatic heterocycles. The van der Waals surface area contributed by atoms with Crippen LogP contribution in [-0.4, -0.2) is 0 Å². The lowest BCUT2D eigenvalue weighted by Gasteiger charge is -2.26. The fourth-order valence-corrected chi connectivity index (χ4v) is 8.85. The minimum atomic E-state index is 1.12. The van der Waals surface area contributed by atoms with E-state index in [0.717, 1.165) is 17.1 Å². The largest absolute Gasteiger partial charge is 0.310 e. The molecule has 10 aromatic rings. The van der Waals surface area contributed by atoms with Crippen molar-refractivity contribution in [2.24, 2.45) is 0 Å². The van der Waals surface area contributed by atoms with Crippen molar-refractivity contribution in [3.63, 3.8) is 0 Å². The number of anilines is 3. The number of hydrogen-bond donors (Lipinski definition) is 0. The van der Waals surface area contributed by atoms with Gasteiger partial charge >= 0.3 is 0 Å². The van der Waals surface area contributed by atoms with Gasteiger partial charge in [-0.2, -0.15) is 0 Å². The molecule has 0 atom stereocenters. The summed E-state index contributed by atoms with van der Waals surface area (Å²) < 4.78 is 2.66. The molecule has 2 heteroatoms. The third-order valence-corrected chi connectivity index (χ3v) is 11.3. The summed E-state index contributed by atoms with van der Waals surface area (Å²) in [6.45, 7) is 0. The number of hydrogen-bond acceptors (Lipinski definition) is 2. The number of thiophene rings is 1. The van der Waals surface area contributed by atoms with E-state index in [9.17, 15) is 0 Å². The van der Waals surface area contributed by atoms with Crippen LogP contribution in [0.15, 0.2) is 188 Å². The minimum Gasteiger partial charge on any atom is -0.310 e. The second kappa shape index (κ2) is 11.7. The zero-order valence-electron chi connectivity index (χ0n) is 27.3. The zero-order valence-corrected chi connectivity index (χ0v) is 28.1. The highest BCUT2D eigenvalue weighted by Gasteiger charge is 2.16. The van der Waals surface area contributed by atoms with Crippen molar-refractivity contribution in [3.8, 4) is 22.3 Å². The highest BCUT2D eigenvalue weighted by atomic mass is 32.1. The van der Waals surface area contributed by atoms with Crippen LogP contribution in [0.4, 0.5) is 17.1 Å². The van der Waals surface area contributed by atoms with Crippen LogP contribution in [0.5, 0.6) is 0 Å². The molecule has 0 saturated heterocycles. The van der Waals surface area contributed by atoms with Gasteiger partial charge in [-0.15, -0.1) is 11.3 Å². The van der Waals surface area contributed by atoms with E-state index in [2.05, 4.69) is 193 Å². The Hall–Kier alpha value is -6.22. The van der Waals surface area contributed by atoms with E-state index >= 15 is 0 Å². The van der Waals surface area contributed by atoms with Crippen molar-refractivity contribution < 1.29 is 0 Å². The molecule has 0 aliphatic heterocycles. The van der Waals surface area contributed by atoms with Crippen molar-refractivity contribution in [3.05, 3.63) is 188 Å². The monoisotopic (exact) mass is 653 g/mol. The van der Waals surface area contributed by atoms with Gasteiger partial charge in [0.15, 0.2) is 0 Å². The van der Waals surface area contributed by atoms with Crippen molar-refractivity contribution in [1.29, 1.82) is 0 Å². The molecule has 1 nitrogen and oxygen atoms in total. The van der Waals surface area contributed by atoms with Gasteiger partial charge in [0.1, 0.15) is 0 Å². The maximum Gasteiger partial charge on any atom is 0.0468 e. The first kappa shape index (κ1) is 28.8. The van der Waals surface area contributed by atoms with Crippen LogP contribution in [0.1, 0.15) is 0 Å². The Labute approximate surface area is 294 Å². The van der Waals surface area contributed by atoms with Crippen LogP contribution in [0.3, 0.4) is 0 Å². The molecule has 0 bridgehead atoms. The van der Waals surface area contributed by atoms with Gasteiger partial charge in [-0.3, -0.25) is 0 Å². The lowest BCUT2D eigenvalue weighted by atomic mass is 9.97.